The molecular weight excluding hydrogens is 204 g/mol. The van der Waals surface area contributed by atoms with Gasteiger partial charge in [0.2, 0.25) is 0 Å². The van der Waals surface area contributed by atoms with Crippen molar-refractivity contribution >= 4 is 23.5 Å². The molecule has 1 aromatic rings. The summed E-state index contributed by atoms with van der Waals surface area (Å²) in [4.78, 5) is 18.9. The van der Waals surface area contributed by atoms with E-state index < -0.39 is 5.91 Å². The summed E-state index contributed by atoms with van der Waals surface area (Å²) in [5, 5.41) is 0. The predicted molar refractivity (Wildman–Crippen MR) is 65.2 cm³/mol. The summed E-state index contributed by atoms with van der Waals surface area (Å²) in [7, 11) is 1.67. The number of aliphatic imine (C=N–C) groups is 1. The zero-order valence-electron chi connectivity index (χ0n) is 9.27. The van der Waals surface area contributed by atoms with Crippen LogP contribution in [0.4, 0.5) is 5.82 Å². The lowest BCUT2D eigenvalue weighted by atomic mass is 10.1. The van der Waals surface area contributed by atoms with Crippen molar-refractivity contribution in [2.45, 2.75) is 6.92 Å². The number of nitrogen functional groups attached to an aromatic ring is 1. The average Bonchev–Trinajstić information content (AvgIpc) is 2.26. The van der Waals surface area contributed by atoms with E-state index in [2.05, 4.69) is 9.98 Å². The fourth-order valence-corrected chi connectivity index (χ4v) is 1.29. The molecule has 4 N–H and O–H groups in total. The lowest BCUT2D eigenvalue weighted by Crippen LogP contribution is -2.14. The molecule has 5 nitrogen and oxygen atoms in total. The topological polar surface area (TPSA) is 94.4 Å². The van der Waals surface area contributed by atoms with Gasteiger partial charge < -0.3 is 11.5 Å². The first-order chi connectivity index (χ1) is 7.60. The van der Waals surface area contributed by atoms with Crippen molar-refractivity contribution in [1.29, 1.82) is 0 Å². The smallest absolute Gasteiger partial charge is 0.252 e. The third-order valence-electron chi connectivity index (χ3n) is 2.10. The number of carbonyl (C=O) groups is 1. The number of hydrogen-bond acceptors (Lipinski definition) is 4. The van der Waals surface area contributed by atoms with Gasteiger partial charge in [-0.05, 0) is 18.6 Å². The maximum absolute atomic E-state index is 11.1. The Hall–Kier alpha value is -2.17. The van der Waals surface area contributed by atoms with Crippen LogP contribution in [0.15, 0.2) is 23.3 Å². The Kier molecular flexibility index (Phi) is 3.77. The molecule has 0 aliphatic carbocycles. The lowest BCUT2D eigenvalue weighted by Gasteiger charge is -2.05. The van der Waals surface area contributed by atoms with Crippen LogP contribution in [0.5, 0.6) is 0 Å². The van der Waals surface area contributed by atoms with Crippen molar-refractivity contribution in [2.24, 2.45) is 10.7 Å². The van der Waals surface area contributed by atoms with Gasteiger partial charge in [0.15, 0.2) is 0 Å². The second-order valence-electron chi connectivity index (χ2n) is 3.15. The highest BCUT2D eigenvalue weighted by Gasteiger charge is 2.09. The molecule has 0 aliphatic heterocycles. The van der Waals surface area contributed by atoms with Crippen LogP contribution in [0.1, 0.15) is 22.8 Å². The molecule has 1 heterocycles. The van der Waals surface area contributed by atoms with E-state index in [0.29, 0.717) is 0 Å². The van der Waals surface area contributed by atoms with Crippen LogP contribution in [0.2, 0.25) is 0 Å². The summed E-state index contributed by atoms with van der Waals surface area (Å²) in [5.74, 6) is -0.448. The normalized spacial score (nSPS) is 12.0. The Bertz CT molecular complexity index is 463. The number of aromatic nitrogens is 1. The maximum atomic E-state index is 11.1. The van der Waals surface area contributed by atoms with Gasteiger partial charge >= 0.3 is 0 Å². The lowest BCUT2D eigenvalue weighted by molar-refractivity contribution is 0.100. The molecule has 0 radical (unpaired) electrons. The highest BCUT2D eigenvalue weighted by atomic mass is 16.1. The van der Waals surface area contributed by atoms with E-state index in [1.807, 2.05) is 13.0 Å². The first kappa shape index (κ1) is 11.9. The van der Waals surface area contributed by atoms with Crippen molar-refractivity contribution in [3.05, 3.63) is 29.5 Å². The van der Waals surface area contributed by atoms with Gasteiger partial charge in [-0.1, -0.05) is 6.08 Å². The van der Waals surface area contributed by atoms with E-state index in [-0.39, 0.29) is 11.4 Å². The van der Waals surface area contributed by atoms with Gasteiger partial charge in [0, 0.05) is 25.0 Å². The Morgan fingerprint density at radius 2 is 2.25 bits per heavy atom. The van der Waals surface area contributed by atoms with Gasteiger partial charge in [0.25, 0.3) is 5.91 Å². The Labute approximate surface area is 93.9 Å². The highest BCUT2D eigenvalue weighted by Crippen LogP contribution is 2.16. The van der Waals surface area contributed by atoms with Crippen LogP contribution in [0.25, 0.3) is 5.57 Å². The SMILES string of the molecule is C/C=C(\C=NC)c1cnc(N)c(C(N)=O)c1. The molecule has 0 spiro atoms. The predicted octanol–water partition coefficient (Wildman–Crippen LogP) is 0.867. The monoisotopic (exact) mass is 218 g/mol. The van der Waals surface area contributed by atoms with E-state index in [9.17, 15) is 4.79 Å². The number of nitrogens with zero attached hydrogens (tertiary/aromatic N) is 2. The quantitative estimate of drug-likeness (QED) is 0.737. The molecule has 16 heavy (non-hydrogen) atoms. The Balaban J connectivity index is 3.27. The van der Waals surface area contributed by atoms with Crippen LogP contribution in [-0.4, -0.2) is 24.2 Å². The third-order valence-corrected chi connectivity index (χ3v) is 2.10. The fourth-order valence-electron chi connectivity index (χ4n) is 1.29. The Morgan fingerprint density at radius 1 is 1.56 bits per heavy atom. The average molecular weight is 218 g/mol. The van der Waals surface area contributed by atoms with Crippen molar-refractivity contribution in [2.75, 3.05) is 12.8 Å². The molecule has 84 valence electrons. The van der Waals surface area contributed by atoms with Gasteiger partial charge in [-0.15, -0.1) is 0 Å². The highest BCUT2D eigenvalue weighted by molar-refractivity contribution is 6.10. The molecule has 0 atom stereocenters. The number of anilines is 1. The fraction of sp³-hybridized carbons (Fsp3) is 0.182. The molecule has 1 amide bonds. The molecule has 0 bridgehead atoms. The van der Waals surface area contributed by atoms with E-state index in [4.69, 9.17) is 11.5 Å². The number of carbonyl (C=O) groups excluding carboxylic acids is 1. The van der Waals surface area contributed by atoms with Crippen LogP contribution in [0.3, 0.4) is 0 Å². The maximum Gasteiger partial charge on any atom is 0.252 e. The van der Waals surface area contributed by atoms with Gasteiger partial charge in [-0.3, -0.25) is 9.79 Å². The molecule has 0 fully saturated rings. The molecule has 0 aliphatic rings. The van der Waals surface area contributed by atoms with Crippen molar-refractivity contribution in [3.8, 4) is 0 Å². The molecule has 1 rings (SSSR count). The van der Waals surface area contributed by atoms with Crippen LogP contribution in [0, 0.1) is 0 Å². The summed E-state index contributed by atoms with van der Waals surface area (Å²) in [5.41, 5.74) is 12.6. The van der Waals surface area contributed by atoms with Crippen molar-refractivity contribution in [3.63, 3.8) is 0 Å². The largest absolute Gasteiger partial charge is 0.383 e. The summed E-state index contributed by atoms with van der Waals surface area (Å²) >= 11 is 0. The van der Waals surface area contributed by atoms with Gasteiger partial charge in [-0.25, -0.2) is 4.98 Å². The number of hydrogen-bond donors (Lipinski definition) is 2. The van der Waals surface area contributed by atoms with Crippen LogP contribution >= 0.6 is 0 Å². The molecule has 0 saturated heterocycles. The molecule has 5 heteroatoms. The summed E-state index contributed by atoms with van der Waals surface area (Å²) in [6.45, 7) is 1.87. The molecule has 0 unspecified atom stereocenters. The van der Waals surface area contributed by atoms with Crippen molar-refractivity contribution < 1.29 is 4.79 Å². The number of primary amides is 1. The standard InChI is InChI=1S/C11H14N4O/c1-3-7(5-14-2)8-4-9(11(13)16)10(12)15-6-8/h3-6H,1-2H3,(H2,12,15)(H2,13,16)/b7-3+,14-5?. The molecular formula is C11H14N4O. The minimum atomic E-state index is -0.587. The number of pyridine rings is 1. The minimum Gasteiger partial charge on any atom is -0.383 e. The number of rotatable bonds is 3. The zero-order chi connectivity index (χ0) is 12.1. The zero-order valence-corrected chi connectivity index (χ0v) is 9.27. The second-order valence-corrected chi connectivity index (χ2v) is 3.15. The first-order valence-corrected chi connectivity index (χ1v) is 4.74. The number of allylic oxidation sites excluding steroid dienone is 2. The second kappa shape index (κ2) is 5.06. The van der Waals surface area contributed by atoms with E-state index in [1.54, 1.807) is 25.5 Å². The number of amides is 1. The van der Waals surface area contributed by atoms with Crippen LogP contribution in [-0.2, 0) is 0 Å². The number of nitrogens with two attached hydrogens (primary N) is 2. The molecule has 0 saturated carbocycles. The summed E-state index contributed by atoms with van der Waals surface area (Å²) in [6, 6.07) is 1.61. The summed E-state index contributed by atoms with van der Waals surface area (Å²) < 4.78 is 0. The molecule has 0 aromatic carbocycles. The van der Waals surface area contributed by atoms with E-state index in [0.717, 1.165) is 11.1 Å². The Morgan fingerprint density at radius 3 is 2.75 bits per heavy atom. The first-order valence-electron chi connectivity index (χ1n) is 4.74. The van der Waals surface area contributed by atoms with Crippen molar-refractivity contribution in [1.82, 2.24) is 4.98 Å². The summed E-state index contributed by atoms with van der Waals surface area (Å²) in [6.07, 6.45) is 5.13. The third kappa shape index (κ3) is 2.44. The van der Waals surface area contributed by atoms with E-state index in [1.165, 1.54) is 0 Å². The van der Waals surface area contributed by atoms with E-state index >= 15 is 0 Å². The van der Waals surface area contributed by atoms with Gasteiger partial charge in [0.05, 0.1) is 5.56 Å². The minimum absolute atomic E-state index is 0.139. The van der Waals surface area contributed by atoms with Gasteiger partial charge in [-0.2, -0.15) is 0 Å². The van der Waals surface area contributed by atoms with Crippen LogP contribution < -0.4 is 11.5 Å². The molecule has 1 aromatic heterocycles. The van der Waals surface area contributed by atoms with Gasteiger partial charge in [0.1, 0.15) is 5.82 Å².